The van der Waals surface area contributed by atoms with Crippen molar-refractivity contribution >= 4 is 11.6 Å². The van der Waals surface area contributed by atoms with Crippen LogP contribution in [0.25, 0.3) is 0 Å². The van der Waals surface area contributed by atoms with Crippen LogP contribution in [0.4, 0.5) is 14.5 Å². The maximum absolute atomic E-state index is 12.5. The standard InChI is InChI=1S/C18H18F2N2O2/c1-11(14-4-2-3-5-16(14)24-18(19)20)22-17(23)13-6-7-15-12(10-13)8-9-21-15/h2-7,10-11,18,21H,8-9H2,1H3,(H,22,23). The number of nitrogens with one attached hydrogen (secondary N) is 2. The molecule has 126 valence electrons. The zero-order valence-corrected chi connectivity index (χ0v) is 13.2. The molecule has 0 saturated heterocycles. The van der Waals surface area contributed by atoms with Crippen molar-refractivity contribution in [2.75, 3.05) is 11.9 Å². The summed E-state index contributed by atoms with van der Waals surface area (Å²) < 4.78 is 29.5. The molecule has 1 aliphatic rings. The first-order valence-corrected chi connectivity index (χ1v) is 7.76. The van der Waals surface area contributed by atoms with Gasteiger partial charge < -0.3 is 15.4 Å². The Morgan fingerprint density at radius 2 is 2.04 bits per heavy atom. The Balaban J connectivity index is 1.75. The predicted molar refractivity (Wildman–Crippen MR) is 87.6 cm³/mol. The highest BCUT2D eigenvalue weighted by Crippen LogP contribution is 2.27. The minimum absolute atomic E-state index is 0.0680. The van der Waals surface area contributed by atoms with Crippen LogP contribution in [0.2, 0.25) is 0 Å². The summed E-state index contributed by atoms with van der Waals surface area (Å²) in [5.41, 5.74) is 3.22. The van der Waals surface area contributed by atoms with Crippen LogP contribution in [-0.2, 0) is 6.42 Å². The van der Waals surface area contributed by atoms with Gasteiger partial charge in [0.25, 0.3) is 5.91 Å². The molecule has 2 N–H and O–H groups in total. The van der Waals surface area contributed by atoms with Crippen LogP contribution in [-0.4, -0.2) is 19.1 Å². The largest absolute Gasteiger partial charge is 0.434 e. The van der Waals surface area contributed by atoms with Crippen molar-refractivity contribution in [3.8, 4) is 5.75 Å². The van der Waals surface area contributed by atoms with E-state index in [-0.39, 0.29) is 11.7 Å². The third kappa shape index (κ3) is 3.48. The van der Waals surface area contributed by atoms with Crippen molar-refractivity contribution in [2.24, 2.45) is 0 Å². The molecule has 3 rings (SSSR count). The van der Waals surface area contributed by atoms with Crippen molar-refractivity contribution in [3.63, 3.8) is 0 Å². The topological polar surface area (TPSA) is 50.4 Å². The molecule has 0 radical (unpaired) electrons. The molecule has 1 atom stereocenters. The number of hydrogen-bond donors (Lipinski definition) is 2. The molecule has 24 heavy (non-hydrogen) atoms. The number of anilines is 1. The highest BCUT2D eigenvalue weighted by atomic mass is 19.3. The average molecular weight is 332 g/mol. The van der Waals surface area contributed by atoms with Crippen LogP contribution in [0.15, 0.2) is 42.5 Å². The van der Waals surface area contributed by atoms with Gasteiger partial charge in [-0.15, -0.1) is 0 Å². The molecule has 0 aromatic heterocycles. The number of carbonyl (C=O) groups excluding carboxylic acids is 1. The van der Waals surface area contributed by atoms with Gasteiger partial charge in [-0.2, -0.15) is 8.78 Å². The number of para-hydroxylation sites is 1. The fourth-order valence-corrected chi connectivity index (χ4v) is 2.85. The highest BCUT2D eigenvalue weighted by Gasteiger charge is 2.18. The maximum Gasteiger partial charge on any atom is 0.387 e. The zero-order valence-electron chi connectivity index (χ0n) is 13.2. The summed E-state index contributed by atoms with van der Waals surface area (Å²) in [6, 6.07) is 11.5. The van der Waals surface area contributed by atoms with E-state index in [1.165, 1.54) is 6.07 Å². The number of rotatable bonds is 5. The summed E-state index contributed by atoms with van der Waals surface area (Å²) in [5, 5.41) is 6.07. The Kier molecular flexibility index (Phi) is 4.64. The zero-order chi connectivity index (χ0) is 17.1. The van der Waals surface area contributed by atoms with Gasteiger partial charge >= 0.3 is 6.61 Å². The number of ether oxygens (including phenoxy) is 1. The quantitative estimate of drug-likeness (QED) is 0.877. The first-order chi connectivity index (χ1) is 11.5. The molecule has 1 aliphatic heterocycles. The monoisotopic (exact) mass is 332 g/mol. The van der Waals surface area contributed by atoms with Crippen molar-refractivity contribution < 1.29 is 18.3 Å². The molecule has 1 heterocycles. The van der Waals surface area contributed by atoms with Gasteiger partial charge in [-0.05, 0) is 43.2 Å². The highest BCUT2D eigenvalue weighted by molar-refractivity contribution is 5.95. The minimum Gasteiger partial charge on any atom is -0.434 e. The van der Waals surface area contributed by atoms with E-state index in [4.69, 9.17) is 0 Å². The van der Waals surface area contributed by atoms with Gasteiger partial charge in [-0.1, -0.05) is 18.2 Å². The van der Waals surface area contributed by atoms with Gasteiger partial charge in [0.2, 0.25) is 0 Å². The second kappa shape index (κ2) is 6.86. The van der Waals surface area contributed by atoms with E-state index in [1.807, 2.05) is 12.1 Å². The number of amides is 1. The lowest BCUT2D eigenvalue weighted by Gasteiger charge is -2.18. The normalized spacial score (nSPS) is 14.0. The molecule has 4 nitrogen and oxygen atoms in total. The molecule has 0 saturated carbocycles. The third-order valence-electron chi connectivity index (χ3n) is 4.03. The molecule has 0 fully saturated rings. The Morgan fingerprint density at radius 1 is 1.25 bits per heavy atom. The molecule has 0 bridgehead atoms. The Bertz CT molecular complexity index is 750. The number of carbonyl (C=O) groups is 1. The third-order valence-corrected chi connectivity index (χ3v) is 4.03. The molecular weight excluding hydrogens is 314 g/mol. The smallest absolute Gasteiger partial charge is 0.387 e. The fraction of sp³-hybridized carbons (Fsp3) is 0.278. The minimum atomic E-state index is -2.90. The van der Waals surface area contributed by atoms with Gasteiger partial charge in [0, 0.05) is 23.4 Å². The molecule has 1 unspecified atom stereocenters. The number of hydrogen-bond acceptors (Lipinski definition) is 3. The first kappa shape index (κ1) is 16.2. The molecule has 1 amide bonds. The Hall–Kier alpha value is -2.63. The molecular formula is C18H18F2N2O2. The number of alkyl halides is 2. The van der Waals surface area contributed by atoms with Gasteiger partial charge in [0.1, 0.15) is 5.75 Å². The summed E-state index contributed by atoms with van der Waals surface area (Å²) >= 11 is 0. The summed E-state index contributed by atoms with van der Waals surface area (Å²) in [7, 11) is 0. The second-order valence-corrected chi connectivity index (χ2v) is 5.66. The molecule has 0 spiro atoms. The van der Waals surface area contributed by atoms with Gasteiger partial charge in [-0.25, -0.2) is 0 Å². The second-order valence-electron chi connectivity index (χ2n) is 5.66. The van der Waals surface area contributed by atoms with E-state index in [0.717, 1.165) is 24.2 Å². The lowest BCUT2D eigenvalue weighted by molar-refractivity contribution is -0.0506. The van der Waals surface area contributed by atoms with Crippen molar-refractivity contribution in [1.82, 2.24) is 5.32 Å². The Morgan fingerprint density at radius 3 is 2.83 bits per heavy atom. The van der Waals surface area contributed by atoms with Crippen LogP contribution in [0.3, 0.4) is 0 Å². The lowest BCUT2D eigenvalue weighted by Crippen LogP contribution is -2.27. The van der Waals surface area contributed by atoms with Crippen LogP contribution in [0.5, 0.6) is 5.75 Å². The van der Waals surface area contributed by atoms with E-state index in [0.29, 0.717) is 11.1 Å². The summed E-state index contributed by atoms with van der Waals surface area (Å²) in [6.45, 7) is -0.298. The molecule has 0 aliphatic carbocycles. The summed E-state index contributed by atoms with van der Waals surface area (Å²) in [6.07, 6.45) is 0.886. The van der Waals surface area contributed by atoms with Crippen LogP contribution in [0, 0.1) is 0 Å². The van der Waals surface area contributed by atoms with Gasteiger partial charge in [0.05, 0.1) is 6.04 Å². The molecule has 6 heteroatoms. The number of halogens is 2. The summed E-state index contributed by atoms with van der Waals surface area (Å²) in [4.78, 5) is 12.4. The van der Waals surface area contributed by atoms with E-state index in [2.05, 4.69) is 15.4 Å². The van der Waals surface area contributed by atoms with E-state index >= 15 is 0 Å². The fourth-order valence-electron chi connectivity index (χ4n) is 2.85. The lowest BCUT2D eigenvalue weighted by atomic mass is 10.0. The van der Waals surface area contributed by atoms with E-state index in [1.54, 1.807) is 31.2 Å². The first-order valence-electron chi connectivity index (χ1n) is 7.76. The summed E-state index contributed by atoms with van der Waals surface area (Å²) in [5.74, 6) is -0.178. The maximum atomic E-state index is 12.5. The van der Waals surface area contributed by atoms with Crippen molar-refractivity contribution in [2.45, 2.75) is 26.0 Å². The van der Waals surface area contributed by atoms with E-state index < -0.39 is 12.7 Å². The van der Waals surface area contributed by atoms with Crippen molar-refractivity contribution in [1.29, 1.82) is 0 Å². The number of fused-ring (bicyclic) bond motifs is 1. The molecule has 2 aromatic carbocycles. The average Bonchev–Trinajstić information content (AvgIpc) is 3.02. The van der Waals surface area contributed by atoms with Gasteiger partial charge in [-0.3, -0.25) is 4.79 Å². The van der Waals surface area contributed by atoms with Crippen LogP contribution < -0.4 is 15.4 Å². The van der Waals surface area contributed by atoms with Crippen LogP contribution >= 0.6 is 0 Å². The van der Waals surface area contributed by atoms with Crippen LogP contribution in [0.1, 0.15) is 34.5 Å². The Labute approximate surface area is 138 Å². The number of benzene rings is 2. The van der Waals surface area contributed by atoms with Crippen molar-refractivity contribution in [3.05, 3.63) is 59.2 Å². The molecule has 2 aromatic rings. The SMILES string of the molecule is CC(NC(=O)c1ccc2c(c1)CCN2)c1ccccc1OC(F)F. The van der Waals surface area contributed by atoms with Gasteiger partial charge in [0.15, 0.2) is 0 Å². The predicted octanol–water partition coefficient (Wildman–Crippen LogP) is 3.75. The van der Waals surface area contributed by atoms with E-state index in [9.17, 15) is 13.6 Å².